The molecule has 0 saturated heterocycles. The number of aryl methyl sites for hydroxylation is 1. The number of aromatic nitrogens is 4. The summed E-state index contributed by atoms with van der Waals surface area (Å²) in [6.45, 7) is 4.49. The van der Waals surface area contributed by atoms with Gasteiger partial charge in [-0.3, -0.25) is 14.3 Å². The van der Waals surface area contributed by atoms with Crippen molar-refractivity contribution in [1.82, 2.24) is 35.7 Å². The number of alkyl carbamates (subject to hydrolysis) is 1. The van der Waals surface area contributed by atoms with Gasteiger partial charge in [0, 0.05) is 49.6 Å². The van der Waals surface area contributed by atoms with Gasteiger partial charge >= 0.3 is 6.09 Å². The predicted molar refractivity (Wildman–Crippen MR) is 198 cm³/mol. The molecule has 2 amide bonds. The molecular weight excluding hydrogens is 675 g/mol. The lowest BCUT2D eigenvalue weighted by Gasteiger charge is -2.35. The molecule has 0 atom stereocenters. The molecule has 11 nitrogen and oxygen atoms in total. The summed E-state index contributed by atoms with van der Waals surface area (Å²) in [5, 5.41) is 19.5. The highest BCUT2D eigenvalue weighted by Crippen LogP contribution is 2.91. The largest absolute Gasteiger partial charge is 0.486 e. The number of carbonyl (C=O) groups excluding carboxylic acids is 2. The SMILES string of the molecule is Cc1cc(OCc2nnc(SC3CCCC3)n2-c2cccnc2)ccc1C#CCOC(=O)NCCNCCNC(=O)CC1C23C[C@H]4C[C@@H](C2)C[C@]13C4. The van der Waals surface area contributed by atoms with Crippen molar-refractivity contribution in [3.8, 4) is 23.3 Å². The van der Waals surface area contributed by atoms with Crippen LogP contribution in [-0.4, -0.2) is 69.8 Å². The number of amides is 2. The molecule has 274 valence electrons. The van der Waals surface area contributed by atoms with Crippen LogP contribution in [0.25, 0.3) is 5.69 Å². The smallest absolute Gasteiger partial charge is 0.408 e. The van der Waals surface area contributed by atoms with Gasteiger partial charge < -0.3 is 25.4 Å². The van der Waals surface area contributed by atoms with Crippen molar-refractivity contribution in [3.63, 3.8) is 0 Å². The summed E-state index contributed by atoms with van der Waals surface area (Å²) in [4.78, 5) is 29.0. The number of benzene rings is 1. The molecule has 4 bridgehead atoms. The average molecular weight is 724 g/mol. The first-order valence-electron chi connectivity index (χ1n) is 19.0. The van der Waals surface area contributed by atoms with Crippen molar-refractivity contribution < 1.29 is 19.1 Å². The number of thioether (sulfide) groups is 1. The van der Waals surface area contributed by atoms with Gasteiger partial charge in [-0.15, -0.1) is 10.2 Å². The van der Waals surface area contributed by atoms with E-state index in [2.05, 4.69) is 43.0 Å². The van der Waals surface area contributed by atoms with Gasteiger partial charge in [0.15, 0.2) is 17.6 Å². The third kappa shape index (κ3) is 7.14. The van der Waals surface area contributed by atoms with Crippen molar-refractivity contribution in [3.05, 3.63) is 59.7 Å². The Bertz CT molecular complexity index is 1800. The summed E-state index contributed by atoms with van der Waals surface area (Å²) in [6, 6.07) is 9.65. The molecule has 2 heterocycles. The highest BCUT2D eigenvalue weighted by Gasteiger charge is 2.84. The topological polar surface area (TPSA) is 132 Å². The molecule has 3 N–H and O–H groups in total. The normalized spacial score (nSPS) is 26.4. The van der Waals surface area contributed by atoms with E-state index >= 15 is 0 Å². The molecule has 52 heavy (non-hydrogen) atoms. The maximum atomic E-state index is 12.6. The maximum Gasteiger partial charge on any atom is 0.408 e. The Hall–Kier alpha value is -4.08. The standard InChI is InChI=1S/C40H49N7O4S/c1-27-18-32(51-26-35-45-46-37(52-33-8-2-3-9-33)47(35)31-7-4-12-42-25-31)11-10-30(27)6-5-17-50-38(49)44-16-14-41-13-15-43-36(48)20-34-39-21-28-19-29(23-39)24-40(34,39)22-28/h4,7,10-12,18,25,28-29,33-34,41H,2-3,8-9,13-17,19-24,26H2,1H3,(H,43,48)(H,44,49)/t28-,29+,34?,39+,40?. The quantitative estimate of drug-likeness (QED) is 0.136. The highest BCUT2D eigenvalue weighted by atomic mass is 32.2. The van der Waals surface area contributed by atoms with Crippen LogP contribution in [0.4, 0.5) is 4.79 Å². The fourth-order valence-electron chi connectivity index (χ4n) is 10.4. The van der Waals surface area contributed by atoms with Crippen molar-refractivity contribution in [2.75, 3.05) is 32.8 Å². The third-order valence-corrected chi connectivity index (χ3v) is 13.6. The highest BCUT2D eigenvalue weighted by molar-refractivity contribution is 7.99. The van der Waals surface area contributed by atoms with Gasteiger partial charge in [0.05, 0.1) is 11.9 Å². The lowest BCUT2D eigenvalue weighted by molar-refractivity contribution is -0.122. The lowest BCUT2D eigenvalue weighted by Crippen LogP contribution is -2.37. The molecule has 0 aliphatic heterocycles. The minimum atomic E-state index is -0.509. The number of hydrogen-bond donors (Lipinski definition) is 3. The van der Waals surface area contributed by atoms with Crippen LogP contribution in [0.3, 0.4) is 0 Å². The van der Waals surface area contributed by atoms with Crippen molar-refractivity contribution in [1.29, 1.82) is 0 Å². The Balaban J connectivity index is 0.710. The van der Waals surface area contributed by atoms with Crippen LogP contribution in [0.15, 0.2) is 47.9 Å². The zero-order chi connectivity index (χ0) is 35.5. The molecule has 3 aromatic rings. The van der Waals surface area contributed by atoms with E-state index in [4.69, 9.17) is 9.47 Å². The minimum Gasteiger partial charge on any atom is -0.486 e. The molecule has 0 unspecified atom stereocenters. The molecule has 2 spiro atoms. The van der Waals surface area contributed by atoms with E-state index in [9.17, 15) is 9.59 Å². The second kappa shape index (κ2) is 15.1. The van der Waals surface area contributed by atoms with E-state index in [1.807, 2.05) is 48.0 Å². The van der Waals surface area contributed by atoms with Crippen molar-refractivity contribution in [2.45, 2.75) is 88.1 Å². The molecule has 0 radical (unpaired) electrons. The number of hydrogen-bond acceptors (Lipinski definition) is 9. The van der Waals surface area contributed by atoms with Gasteiger partial charge in [-0.2, -0.15) is 0 Å². The monoisotopic (exact) mass is 723 g/mol. The number of ether oxygens (including phenoxy) is 2. The first-order valence-corrected chi connectivity index (χ1v) is 19.9. The lowest BCUT2D eigenvalue weighted by atomic mass is 9.70. The predicted octanol–water partition coefficient (Wildman–Crippen LogP) is 5.58. The molecule has 12 heteroatoms. The minimum absolute atomic E-state index is 0.0148. The molecule has 9 rings (SSSR count). The molecule has 6 aliphatic carbocycles. The van der Waals surface area contributed by atoms with Gasteiger partial charge in [-0.05, 0) is 116 Å². The van der Waals surface area contributed by atoms with Crippen LogP contribution < -0.4 is 20.7 Å². The van der Waals surface area contributed by atoms with Crippen LogP contribution in [-0.2, 0) is 16.1 Å². The summed E-state index contributed by atoms with van der Waals surface area (Å²) in [5.74, 6) is 10.2. The van der Waals surface area contributed by atoms with Crippen LogP contribution in [0, 0.1) is 47.3 Å². The summed E-state index contributed by atoms with van der Waals surface area (Å²) < 4.78 is 13.4. The average Bonchev–Trinajstić information content (AvgIpc) is 3.74. The second-order valence-corrected chi connectivity index (χ2v) is 16.8. The van der Waals surface area contributed by atoms with Crippen molar-refractivity contribution in [2.24, 2.45) is 28.6 Å². The van der Waals surface area contributed by atoms with E-state index in [-0.39, 0.29) is 19.1 Å². The fourth-order valence-corrected chi connectivity index (χ4v) is 11.7. The van der Waals surface area contributed by atoms with E-state index in [1.54, 1.807) is 18.0 Å². The van der Waals surface area contributed by atoms with Crippen molar-refractivity contribution >= 4 is 23.8 Å². The zero-order valence-electron chi connectivity index (χ0n) is 30.0. The number of rotatable bonds is 15. The third-order valence-electron chi connectivity index (χ3n) is 12.3. The first kappa shape index (κ1) is 35.0. The Morgan fingerprint density at radius 2 is 1.77 bits per heavy atom. The molecule has 6 aliphatic rings. The van der Waals surface area contributed by atoms with Crippen LogP contribution >= 0.6 is 11.8 Å². The number of nitrogens with zero attached hydrogens (tertiary/aromatic N) is 4. The second-order valence-electron chi connectivity index (χ2n) is 15.5. The van der Waals surface area contributed by atoms with Gasteiger partial charge in [0.25, 0.3) is 0 Å². The molecule has 1 aromatic carbocycles. The van der Waals surface area contributed by atoms with E-state index in [0.717, 1.165) is 33.8 Å². The number of nitrogens with one attached hydrogen (secondary N) is 3. The van der Waals surface area contributed by atoms with Crippen LogP contribution in [0.1, 0.15) is 81.2 Å². The first-order chi connectivity index (χ1) is 25.4. The summed E-state index contributed by atoms with van der Waals surface area (Å²) in [6.07, 6.45) is 15.7. The molecular formula is C40H49N7O4S. The summed E-state index contributed by atoms with van der Waals surface area (Å²) in [7, 11) is 0. The van der Waals surface area contributed by atoms with E-state index in [1.165, 1.54) is 57.8 Å². The van der Waals surface area contributed by atoms with Gasteiger partial charge in [0.1, 0.15) is 12.4 Å². The number of carbonyl (C=O) groups is 2. The summed E-state index contributed by atoms with van der Waals surface area (Å²) >= 11 is 1.79. The molecule has 2 aromatic heterocycles. The maximum absolute atomic E-state index is 12.6. The molecule has 6 fully saturated rings. The Morgan fingerprint density at radius 3 is 2.50 bits per heavy atom. The number of pyridine rings is 1. The van der Waals surface area contributed by atoms with E-state index in [0.29, 0.717) is 66.2 Å². The zero-order valence-corrected chi connectivity index (χ0v) is 30.8. The fraction of sp³-hybridized carbons (Fsp3) is 0.575. The van der Waals surface area contributed by atoms with Crippen LogP contribution in [0.5, 0.6) is 5.75 Å². The summed E-state index contributed by atoms with van der Waals surface area (Å²) in [5.41, 5.74) is 3.78. The Labute approximate surface area is 310 Å². The van der Waals surface area contributed by atoms with Gasteiger partial charge in [-0.25, -0.2) is 4.79 Å². The van der Waals surface area contributed by atoms with Gasteiger partial charge in [-0.1, -0.05) is 36.4 Å². The Kier molecular flexibility index (Phi) is 10.2. The van der Waals surface area contributed by atoms with Crippen LogP contribution in [0.2, 0.25) is 0 Å². The Morgan fingerprint density at radius 1 is 1.00 bits per heavy atom. The van der Waals surface area contributed by atoms with E-state index < -0.39 is 6.09 Å². The molecule has 6 saturated carbocycles. The van der Waals surface area contributed by atoms with Gasteiger partial charge in [0.2, 0.25) is 5.91 Å².